The maximum absolute atomic E-state index is 12.2. The third-order valence-corrected chi connectivity index (χ3v) is 3.15. The number of hydrogen-bond donors (Lipinski definition) is 0. The first kappa shape index (κ1) is 13.0. The SMILES string of the molecule is CN(C)CCN(Cc1cccnc1)C(=O)C1CC1. The van der Waals surface area contributed by atoms with Crippen LogP contribution in [0.4, 0.5) is 0 Å². The van der Waals surface area contributed by atoms with Gasteiger partial charge >= 0.3 is 0 Å². The van der Waals surface area contributed by atoms with Gasteiger partial charge < -0.3 is 9.80 Å². The van der Waals surface area contributed by atoms with Crippen molar-refractivity contribution in [2.45, 2.75) is 19.4 Å². The number of hydrogen-bond acceptors (Lipinski definition) is 3. The average Bonchev–Trinajstić information content (AvgIpc) is 3.19. The summed E-state index contributed by atoms with van der Waals surface area (Å²) in [5.74, 6) is 0.588. The molecule has 0 unspecified atom stereocenters. The van der Waals surface area contributed by atoms with Gasteiger partial charge in [0, 0.05) is 37.9 Å². The maximum atomic E-state index is 12.2. The summed E-state index contributed by atoms with van der Waals surface area (Å²) in [5.41, 5.74) is 1.10. The van der Waals surface area contributed by atoms with E-state index >= 15 is 0 Å². The number of likely N-dealkylation sites (N-methyl/N-ethyl adjacent to an activating group) is 1. The van der Waals surface area contributed by atoms with Gasteiger partial charge in [-0.3, -0.25) is 9.78 Å². The van der Waals surface area contributed by atoms with Crippen LogP contribution < -0.4 is 0 Å². The summed E-state index contributed by atoms with van der Waals surface area (Å²) in [4.78, 5) is 20.4. The standard InChI is InChI=1S/C14H21N3O/c1-16(2)8-9-17(14(18)13-5-6-13)11-12-4-3-7-15-10-12/h3-4,7,10,13H,5-6,8-9,11H2,1-2H3. The first-order valence-corrected chi connectivity index (χ1v) is 6.49. The van der Waals surface area contributed by atoms with E-state index < -0.39 is 0 Å². The van der Waals surface area contributed by atoms with E-state index in [-0.39, 0.29) is 5.92 Å². The molecule has 1 heterocycles. The molecule has 1 aromatic rings. The van der Waals surface area contributed by atoms with E-state index in [1.165, 1.54) is 0 Å². The lowest BCUT2D eigenvalue weighted by atomic mass is 10.2. The highest BCUT2D eigenvalue weighted by Crippen LogP contribution is 2.31. The summed E-state index contributed by atoms with van der Waals surface area (Å²) in [6.07, 6.45) is 5.72. The molecule has 0 bridgehead atoms. The molecule has 2 rings (SSSR count). The molecule has 0 aliphatic heterocycles. The minimum Gasteiger partial charge on any atom is -0.337 e. The molecule has 1 aromatic heterocycles. The van der Waals surface area contributed by atoms with E-state index in [9.17, 15) is 4.79 Å². The Kier molecular flexibility index (Phi) is 4.31. The quantitative estimate of drug-likeness (QED) is 0.762. The van der Waals surface area contributed by atoms with E-state index in [0.29, 0.717) is 12.5 Å². The molecule has 0 atom stereocenters. The smallest absolute Gasteiger partial charge is 0.226 e. The van der Waals surface area contributed by atoms with Crippen molar-refractivity contribution in [2.75, 3.05) is 27.2 Å². The van der Waals surface area contributed by atoms with Crippen LogP contribution in [0.1, 0.15) is 18.4 Å². The van der Waals surface area contributed by atoms with Crippen molar-refractivity contribution < 1.29 is 4.79 Å². The molecule has 4 nitrogen and oxygen atoms in total. The van der Waals surface area contributed by atoms with Crippen molar-refractivity contribution in [3.8, 4) is 0 Å². The predicted octanol–water partition coefficient (Wildman–Crippen LogP) is 1.38. The third-order valence-electron chi connectivity index (χ3n) is 3.15. The molecule has 1 fully saturated rings. The molecule has 0 radical (unpaired) electrons. The Labute approximate surface area is 109 Å². The van der Waals surface area contributed by atoms with Gasteiger partial charge in [-0.05, 0) is 38.6 Å². The number of rotatable bonds is 6. The second kappa shape index (κ2) is 5.96. The maximum Gasteiger partial charge on any atom is 0.226 e. The molecule has 0 spiro atoms. The highest BCUT2D eigenvalue weighted by atomic mass is 16.2. The first-order chi connectivity index (χ1) is 8.66. The third kappa shape index (κ3) is 3.81. The average molecular weight is 247 g/mol. The first-order valence-electron chi connectivity index (χ1n) is 6.49. The largest absolute Gasteiger partial charge is 0.337 e. The minimum absolute atomic E-state index is 0.281. The fraction of sp³-hybridized carbons (Fsp3) is 0.571. The highest BCUT2D eigenvalue weighted by Gasteiger charge is 2.33. The number of nitrogens with zero attached hydrogens (tertiary/aromatic N) is 3. The molecule has 0 N–H and O–H groups in total. The Morgan fingerprint density at radius 2 is 2.17 bits per heavy atom. The molecule has 1 amide bonds. The fourth-order valence-corrected chi connectivity index (χ4v) is 1.89. The Bertz CT molecular complexity index is 387. The van der Waals surface area contributed by atoms with Gasteiger partial charge in [0.2, 0.25) is 5.91 Å². The number of aromatic nitrogens is 1. The minimum atomic E-state index is 0.281. The van der Waals surface area contributed by atoms with Gasteiger partial charge in [-0.15, -0.1) is 0 Å². The van der Waals surface area contributed by atoms with Crippen LogP contribution in [0, 0.1) is 5.92 Å². The van der Waals surface area contributed by atoms with Crippen molar-refractivity contribution in [1.29, 1.82) is 0 Å². The van der Waals surface area contributed by atoms with E-state index in [0.717, 1.165) is 31.5 Å². The lowest BCUT2D eigenvalue weighted by molar-refractivity contribution is -0.133. The lowest BCUT2D eigenvalue weighted by Gasteiger charge is -2.24. The summed E-state index contributed by atoms with van der Waals surface area (Å²) in [6, 6.07) is 3.94. The van der Waals surface area contributed by atoms with Crippen molar-refractivity contribution in [3.63, 3.8) is 0 Å². The molecule has 0 aromatic carbocycles. The van der Waals surface area contributed by atoms with Crippen LogP contribution in [0.2, 0.25) is 0 Å². The van der Waals surface area contributed by atoms with Crippen LogP contribution in [-0.4, -0.2) is 47.9 Å². The number of carbonyl (C=O) groups excluding carboxylic acids is 1. The topological polar surface area (TPSA) is 36.4 Å². The van der Waals surface area contributed by atoms with Gasteiger partial charge in [0.25, 0.3) is 0 Å². The Morgan fingerprint density at radius 3 is 2.72 bits per heavy atom. The van der Waals surface area contributed by atoms with E-state index in [4.69, 9.17) is 0 Å². The van der Waals surface area contributed by atoms with Crippen LogP contribution in [0.25, 0.3) is 0 Å². The van der Waals surface area contributed by atoms with Crippen molar-refractivity contribution in [1.82, 2.24) is 14.8 Å². The number of amides is 1. The van der Waals surface area contributed by atoms with Gasteiger partial charge in [0.05, 0.1) is 0 Å². The lowest BCUT2D eigenvalue weighted by Crippen LogP contribution is -2.37. The van der Waals surface area contributed by atoms with Crippen LogP contribution in [0.5, 0.6) is 0 Å². The molecule has 0 saturated heterocycles. The Balaban J connectivity index is 1.97. The second-order valence-corrected chi connectivity index (χ2v) is 5.20. The van der Waals surface area contributed by atoms with Gasteiger partial charge in [0.15, 0.2) is 0 Å². The second-order valence-electron chi connectivity index (χ2n) is 5.20. The van der Waals surface area contributed by atoms with Gasteiger partial charge in [-0.2, -0.15) is 0 Å². The molecule has 1 saturated carbocycles. The zero-order valence-corrected chi connectivity index (χ0v) is 11.2. The van der Waals surface area contributed by atoms with E-state index in [1.54, 1.807) is 6.20 Å². The molecular formula is C14H21N3O. The molecule has 1 aliphatic carbocycles. The Hall–Kier alpha value is -1.42. The number of carbonyl (C=O) groups is 1. The van der Waals surface area contributed by atoms with Crippen LogP contribution >= 0.6 is 0 Å². The van der Waals surface area contributed by atoms with Gasteiger partial charge in [-0.25, -0.2) is 0 Å². The van der Waals surface area contributed by atoms with Crippen LogP contribution in [0.3, 0.4) is 0 Å². The molecule has 98 valence electrons. The summed E-state index contributed by atoms with van der Waals surface area (Å²) in [5, 5.41) is 0. The van der Waals surface area contributed by atoms with Gasteiger partial charge in [0.1, 0.15) is 0 Å². The monoisotopic (exact) mass is 247 g/mol. The summed E-state index contributed by atoms with van der Waals surface area (Å²) < 4.78 is 0. The molecule has 1 aliphatic rings. The molecule has 18 heavy (non-hydrogen) atoms. The van der Waals surface area contributed by atoms with Crippen molar-refractivity contribution in [2.24, 2.45) is 5.92 Å². The fourth-order valence-electron chi connectivity index (χ4n) is 1.89. The summed E-state index contributed by atoms with van der Waals surface area (Å²) in [7, 11) is 4.06. The summed E-state index contributed by atoms with van der Waals surface area (Å²) >= 11 is 0. The van der Waals surface area contributed by atoms with Crippen LogP contribution in [0.15, 0.2) is 24.5 Å². The number of pyridine rings is 1. The Morgan fingerprint density at radius 1 is 1.39 bits per heavy atom. The van der Waals surface area contributed by atoms with Crippen molar-refractivity contribution >= 4 is 5.91 Å². The zero-order chi connectivity index (χ0) is 13.0. The predicted molar refractivity (Wildman–Crippen MR) is 70.9 cm³/mol. The van der Waals surface area contributed by atoms with E-state index in [2.05, 4.69) is 9.88 Å². The highest BCUT2D eigenvalue weighted by molar-refractivity contribution is 5.81. The van der Waals surface area contributed by atoms with Crippen molar-refractivity contribution in [3.05, 3.63) is 30.1 Å². The zero-order valence-electron chi connectivity index (χ0n) is 11.2. The molecule has 4 heteroatoms. The summed E-state index contributed by atoms with van der Waals surface area (Å²) in [6.45, 7) is 2.37. The normalized spacial score (nSPS) is 14.8. The van der Waals surface area contributed by atoms with Crippen LogP contribution in [-0.2, 0) is 11.3 Å². The van der Waals surface area contributed by atoms with Gasteiger partial charge in [-0.1, -0.05) is 6.07 Å². The molecular weight excluding hydrogens is 226 g/mol. The van der Waals surface area contributed by atoms with E-state index in [1.807, 2.05) is 37.3 Å².